The fourth-order valence-electron chi connectivity index (χ4n) is 1.75. The minimum absolute atomic E-state index is 0. The van der Waals surface area contributed by atoms with Crippen molar-refractivity contribution in [1.82, 2.24) is 15.3 Å². The lowest BCUT2D eigenvalue weighted by molar-refractivity contribution is 0.481. The van der Waals surface area contributed by atoms with Crippen LogP contribution < -0.4 is 10.2 Å². The lowest BCUT2D eigenvalue weighted by Crippen LogP contribution is -2.49. The Kier molecular flexibility index (Phi) is 5.31. The van der Waals surface area contributed by atoms with E-state index >= 15 is 0 Å². The highest BCUT2D eigenvalue weighted by atomic mass is 35.5. The van der Waals surface area contributed by atoms with Gasteiger partial charge in [0, 0.05) is 31.9 Å². The van der Waals surface area contributed by atoms with Crippen LogP contribution in [-0.2, 0) is 0 Å². The van der Waals surface area contributed by atoms with Gasteiger partial charge in [-0.15, -0.1) is 12.4 Å². The van der Waals surface area contributed by atoms with Gasteiger partial charge >= 0.3 is 0 Å². The maximum atomic E-state index is 4.50. The van der Waals surface area contributed by atoms with E-state index in [0.717, 1.165) is 30.6 Å². The molecule has 1 aromatic heterocycles. The summed E-state index contributed by atoms with van der Waals surface area (Å²) in [4.78, 5) is 11.0. The Bertz CT molecular complexity index is 336. The standard InChI is InChI=1S/C10H16N4S.ClH/c1-8-7-14(6-5-11-8)9-3-4-12-10(13-9)15-2;/h3-4,8,11H,5-7H2,1-2H3;1H. The largest absolute Gasteiger partial charge is 0.354 e. The third kappa shape index (κ3) is 3.23. The molecule has 1 aliphatic rings. The number of rotatable bonds is 2. The molecule has 6 heteroatoms. The van der Waals surface area contributed by atoms with Crippen LogP contribution in [0.5, 0.6) is 0 Å². The zero-order valence-corrected chi connectivity index (χ0v) is 11.1. The van der Waals surface area contributed by atoms with E-state index < -0.39 is 0 Å². The lowest BCUT2D eigenvalue weighted by Gasteiger charge is -2.32. The number of hydrogen-bond acceptors (Lipinski definition) is 5. The molecule has 1 aromatic rings. The Labute approximate surface area is 107 Å². The van der Waals surface area contributed by atoms with Crippen molar-refractivity contribution in [2.45, 2.75) is 18.1 Å². The van der Waals surface area contributed by atoms with Crippen LogP contribution in [-0.4, -0.2) is 41.9 Å². The molecule has 1 fully saturated rings. The van der Waals surface area contributed by atoms with Gasteiger partial charge in [0.15, 0.2) is 5.16 Å². The molecule has 1 saturated heterocycles. The second-order valence-corrected chi connectivity index (χ2v) is 4.48. The quantitative estimate of drug-likeness (QED) is 0.643. The summed E-state index contributed by atoms with van der Waals surface area (Å²) in [6.45, 7) is 5.27. The molecule has 1 atom stereocenters. The smallest absolute Gasteiger partial charge is 0.189 e. The van der Waals surface area contributed by atoms with Gasteiger partial charge in [-0.1, -0.05) is 11.8 Å². The van der Waals surface area contributed by atoms with Crippen molar-refractivity contribution in [1.29, 1.82) is 0 Å². The predicted octanol–water partition coefficient (Wildman–Crippen LogP) is 1.42. The summed E-state index contributed by atoms with van der Waals surface area (Å²) in [6.07, 6.45) is 3.83. The normalized spacial score (nSPS) is 20.4. The Morgan fingerprint density at radius 2 is 2.38 bits per heavy atom. The van der Waals surface area contributed by atoms with Crippen molar-refractivity contribution in [2.24, 2.45) is 0 Å². The van der Waals surface area contributed by atoms with Crippen molar-refractivity contribution >= 4 is 30.0 Å². The Morgan fingerprint density at radius 1 is 1.56 bits per heavy atom. The summed E-state index contributed by atoms with van der Waals surface area (Å²) in [5, 5.41) is 4.27. The number of thioether (sulfide) groups is 1. The summed E-state index contributed by atoms with van der Waals surface area (Å²) in [5.74, 6) is 1.04. The van der Waals surface area contributed by atoms with Crippen molar-refractivity contribution in [3.05, 3.63) is 12.3 Å². The molecule has 2 rings (SSSR count). The number of piperazine rings is 1. The molecule has 4 nitrogen and oxygen atoms in total. The van der Waals surface area contributed by atoms with Gasteiger partial charge in [-0.05, 0) is 19.2 Å². The van der Waals surface area contributed by atoms with Gasteiger partial charge in [0.05, 0.1) is 0 Å². The molecule has 0 spiro atoms. The minimum atomic E-state index is 0. The van der Waals surface area contributed by atoms with Gasteiger partial charge in [-0.3, -0.25) is 0 Å². The van der Waals surface area contributed by atoms with Crippen LogP contribution in [0.25, 0.3) is 0 Å². The number of nitrogens with zero attached hydrogens (tertiary/aromatic N) is 3. The van der Waals surface area contributed by atoms with E-state index in [4.69, 9.17) is 0 Å². The van der Waals surface area contributed by atoms with E-state index in [-0.39, 0.29) is 12.4 Å². The van der Waals surface area contributed by atoms with Crippen molar-refractivity contribution < 1.29 is 0 Å². The minimum Gasteiger partial charge on any atom is -0.354 e. The van der Waals surface area contributed by atoms with Crippen LogP contribution in [0.4, 0.5) is 5.82 Å². The zero-order chi connectivity index (χ0) is 10.7. The summed E-state index contributed by atoms with van der Waals surface area (Å²) in [6, 6.07) is 2.52. The van der Waals surface area contributed by atoms with Crippen LogP contribution >= 0.6 is 24.2 Å². The fraction of sp³-hybridized carbons (Fsp3) is 0.600. The molecule has 0 aliphatic carbocycles. The van der Waals surface area contributed by atoms with E-state index in [1.165, 1.54) is 0 Å². The molecule has 2 heterocycles. The number of anilines is 1. The van der Waals surface area contributed by atoms with Crippen LogP contribution in [0.15, 0.2) is 17.4 Å². The van der Waals surface area contributed by atoms with Crippen molar-refractivity contribution in [3.8, 4) is 0 Å². The molecule has 0 aromatic carbocycles. The summed E-state index contributed by atoms with van der Waals surface area (Å²) < 4.78 is 0. The van der Waals surface area contributed by atoms with Gasteiger partial charge < -0.3 is 10.2 Å². The Hall–Kier alpha value is -0.520. The van der Waals surface area contributed by atoms with Crippen molar-refractivity contribution in [2.75, 3.05) is 30.8 Å². The van der Waals surface area contributed by atoms with Gasteiger partial charge in [-0.2, -0.15) is 0 Å². The monoisotopic (exact) mass is 260 g/mol. The molecule has 1 N–H and O–H groups in total. The summed E-state index contributed by atoms with van der Waals surface area (Å²) in [5.41, 5.74) is 0. The second kappa shape index (κ2) is 6.27. The van der Waals surface area contributed by atoms with E-state index in [1.807, 2.05) is 18.5 Å². The van der Waals surface area contributed by atoms with E-state index in [0.29, 0.717) is 6.04 Å². The van der Waals surface area contributed by atoms with Gasteiger partial charge in [0.2, 0.25) is 0 Å². The highest BCUT2D eigenvalue weighted by Crippen LogP contribution is 2.16. The lowest BCUT2D eigenvalue weighted by atomic mass is 10.2. The van der Waals surface area contributed by atoms with Gasteiger partial charge in [0.1, 0.15) is 5.82 Å². The average molecular weight is 261 g/mol. The van der Waals surface area contributed by atoms with E-state index in [9.17, 15) is 0 Å². The molecule has 16 heavy (non-hydrogen) atoms. The highest BCUT2D eigenvalue weighted by Gasteiger charge is 2.16. The van der Waals surface area contributed by atoms with Crippen molar-refractivity contribution in [3.63, 3.8) is 0 Å². The molecular weight excluding hydrogens is 244 g/mol. The van der Waals surface area contributed by atoms with Gasteiger partial charge in [-0.25, -0.2) is 9.97 Å². The molecule has 1 aliphatic heterocycles. The number of hydrogen-bond donors (Lipinski definition) is 1. The Balaban J connectivity index is 0.00000128. The molecular formula is C10H17ClN4S. The third-order valence-electron chi connectivity index (χ3n) is 2.49. The SMILES string of the molecule is CSc1nccc(N2CCNC(C)C2)n1.Cl. The molecule has 0 bridgehead atoms. The first kappa shape index (κ1) is 13.5. The van der Waals surface area contributed by atoms with Crippen LogP contribution in [0.1, 0.15) is 6.92 Å². The number of aromatic nitrogens is 2. The first-order chi connectivity index (χ1) is 7.29. The molecule has 90 valence electrons. The van der Waals surface area contributed by atoms with Crippen LogP contribution in [0.3, 0.4) is 0 Å². The second-order valence-electron chi connectivity index (χ2n) is 3.70. The predicted molar refractivity (Wildman–Crippen MR) is 70.7 cm³/mol. The fourth-order valence-corrected chi connectivity index (χ4v) is 2.10. The number of halogens is 1. The molecule has 0 amide bonds. The average Bonchev–Trinajstić information content (AvgIpc) is 2.29. The number of nitrogens with one attached hydrogen (secondary N) is 1. The molecule has 0 saturated carbocycles. The van der Waals surface area contributed by atoms with E-state index in [1.54, 1.807) is 11.8 Å². The Morgan fingerprint density at radius 3 is 3.06 bits per heavy atom. The summed E-state index contributed by atoms with van der Waals surface area (Å²) >= 11 is 1.58. The molecule has 1 unspecified atom stereocenters. The van der Waals surface area contributed by atoms with Crippen LogP contribution in [0, 0.1) is 0 Å². The third-order valence-corrected chi connectivity index (χ3v) is 3.06. The van der Waals surface area contributed by atoms with E-state index in [2.05, 4.69) is 27.1 Å². The first-order valence-electron chi connectivity index (χ1n) is 5.15. The molecule has 0 radical (unpaired) electrons. The zero-order valence-electron chi connectivity index (χ0n) is 9.51. The first-order valence-corrected chi connectivity index (χ1v) is 6.37. The highest BCUT2D eigenvalue weighted by molar-refractivity contribution is 7.98. The summed E-state index contributed by atoms with van der Waals surface area (Å²) in [7, 11) is 0. The van der Waals surface area contributed by atoms with Gasteiger partial charge in [0.25, 0.3) is 0 Å². The maximum absolute atomic E-state index is 4.50. The topological polar surface area (TPSA) is 41.1 Å². The maximum Gasteiger partial charge on any atom is 0.189 e. The van der Waals surface area contributed by atoms with Crippen LogP contribution in [0.2, 0.25) is 0 Å².